The fourth-order valence-corrected chi connectivity index (χ4v) is 2.96. The third-order valence-corrected chi connectivity index (χ3v) is 4.13. The predicted octanol–water partition coefficient (Wildman–Crippen LogP) is 3.87. The Balaban J connectivity index is 2.01. The summed E-state index contributed by atoms with van der Waals surface area (Å²) in [4.78, 5) is 11.5. The second-order valence-corrected chi connectivity index (χ2v) is 5.61. The van der Waals surface area contributed by atoms with Gasteiger partial charge in [-0.15, -0.1) is 0 Å². The fraction of sp³-hybridized carbons (Fsp3) is 0.0526. The van der Waals surface area contributed by atoms with Gasteiger partial charge in [0.25, 0.3) is 0 Å². The Morgan fingerprint density at radius 2 is 1.79 bits per heavy atom. The maximum Gasteiger partial charge on any atom is 0.432 e. The fourth-order valence-electron chi connectivity index (χ4n) is 2.96. The predicted molar refractivity (Wildman–Crippen MR) is 92.0 cm³/mol. The van der Waals surface area contributed by atoms with Gasteiger partial charge in [-0.3, -0.25) is 0 Å². The molecule has 0 aliphatic rings. The van der Waals surface area contributed by atoms with Crippen LogP contribution in [-0.4, -0.2) is 26.1 Å². The lowest BCUT2D eigenvalue weighted by molar-refractivity contribution is 0.194. The van der Waals surface area contributed by atoms with E-state index in [9.17, 15) is 15.0 Å². The van der Waals surface area contributed by atoms with Crippen molar-refractivity contribution >= 4 is 27.8 Å². The van der Waals surface area contributed by atoms with Crippen LogP contribution in [0.4, 0.5) is 4.79 Å². The Kier molecular flexibility index (Phi) is 3.29. The van der Waals surface area contributed by atoms with Gasteiger partial charge in [-0.25, -0.2) is 4.79 Å². The van der Waals surface area contributed by atoms with E-state index in [1.54, 1.807) is 18.2 Å². The molecule has 0 amide bonds. The number of aliphatic hydroxyl groups excluding tert-OH is 1. The molecule has 4 rings (SSSR count). The Bertz CT molecular complexity index is 1080. The summed E-state index contributed by atoms with van der Waals surface area (Å²) in [6.07, 6.45) is -1.14. The van der Waals surface area contributed by atoms with Gasteiger partial charge in [-0.2, -0.15) is 9.78 Å². The van der Waals surface area contributed by atoms with E-state index in [0.29, 0.717) is 16.6 Å². The topological polar surface area (TPSA) is 75.3 Å². The van der Waals surface area contributed by atoms with Crippen LogP contribution < -0.4 is 0 Å². The summed E-state index contributed by atoms with van der Waals surface area (Å²) in [6, 6.07) is 19.1. The molecule has 4 aromatic rings. The van der Waals surface area contributed by atoms with Crippen LogP contribution in [0, 0.1) is 0 Å². The van der Waals surface area contributed by atoms with Crippen molar-refractivity contribution in [2.45, 2.75) is 6.61 Å². The van der Waals surface area contributed by atoms with Gasteiger partial charge in [0.1, 0.15) is 5.69 Å². The lowest BCUT2D eigenvalue weighted by Gasteiger charge is -2.02. The van der Waals surface area contributed by atoms with Crippen LogP contribution in [0.15, 0.2) is 60.7 Å². The molecule has 0 spiro atoms. The molecule has 5 nitrogen and oxygen atoms in total. The first-order valence-corrected chi connectivity index (χ1v) is 7.52. The molecule has 0 saturated heterocycles. The molecular weight excluding hydrogens is 304 g/mol. The van der Waals surface area contributed by atoms with Gasteiger partial charge in [0.2, 0.25) is 0 Å². The number of benzene rings is 3. The molecule has 2 N–H and O–H groups in total. The summed E-state index contributed by atoms with van der Waals surface area (Å²) in [5.41, 5.74) is 2.65. The normalized spacial score (nSPS) is 11.2. The number of carboxylic acid groups (broad SMARTS) is 1. The van der Waals surface area contributed by atoms with Gasteiger partial charge in [0.15, 0.2) is 0 Å². The zero-order valence-electron chi connectivity index (χ0n) is 12.7. The zero-order valence-corrected chi connectivity index (χ0v) is 12.7. The number of carbonyl (C=O) groups is 1. The Hall–Kier alpha value is -3.18. The molecule has 118 valence electrons. The van der Waals surface area contributed by atoms with E-state index in [-0.39, 0.29) is 6.61 Å². The standard InChI is InChI=1S/C19H14N2O3/c22-11-12-5-8-17-16(9-12)18(20-21(17)19(23)24)15-7-6-13-3-1-2-4-14(13)10-15/h1-10,22H,11H2,(H,23,24). The number of hydrogen-bond donors (Lipinski definition) is 2. The second-order valence-electron chi connectivity index (χ2n) is 5.61. The highest BCUT2D eigenvalue weighted by atomic mass is 16.4. The minimum atomic E-state index is -1.14. The Morgan fingerprint density at radius 1 is 1.00 bits per heavy atom. The SMILES string of the molecule is O=C(O)n1nc(-c2ccc3ccccc3c2)c2cc(CO)ccc21. The molecule has 5 heteroatoms. The first-order chi connectivity index (χ1) is 11.7. The maximum absolute atomic E-state index is 11.5. The van der Waals surface area contributed by atoms with Gasteiger partial charge in [0, 0.05) is 10.9 Å². The first kappa shape index (κ1) is 14.4. The van der Waals surface area contributed by atoms with Crippen molar-refractivity contribution in [3.05, 3.63) is 66.2 Å². The molecule has 0 saturated carbocycles. The largest absolute Gasteiger partial charge is 0.463 e. The Morgan fingerprint density at radius 3 is 2.54 bits per heavy atom. The summed E-state index contributed by atoms with van der Waals surface area (Å²) in [5.74, 6) is 0. The highest BCUT2D eigenvalue weighted by Crippen LogP contribution is 2.31. The number of nitrogens with zero attached hydrogens (tertiary/aromatic N) is 2. The number of aromatic nitrogens is 2. The average molecular weight is 318 g/mol. The molecule has 0 aliphatic carbocycles. The summed E-state index contributed by atoms with van der Waals surface area (Å²) < 4.78 is 0.973. The third kappa shape index (κ3) is 2.23. The zero-order chi connectivity index (χ0) is 16.7. The van der Waals surface area contributed by atoms with Crippen molar-refractivity contribution in [1.29, 1.82) is 0 Å². The van der Waals surface area contributed by atoms with E-state index in [1.807, 2.05) is 42.5 Å². The summed E-state index contributed by atoms with van der Waals surface area (Å²) in [7, 11) is 0. The molecule has 0 bridgehead atoms. The number of fused-ring (bicyclic) bond motifs is 2. The van der Waals surface area contributed by atoms with Crippen molar-refractivity contribution in [1.82, 2.24) is 9.78 Å². The molecule has 0 radical (unpaired) electrons. The number of rotatable bonds is 2. The minimum Gasteiger partial charge on any atom is -0.463 e. The number of hydrogen-bond acceptors (Lipinski definition) is 3. The van der Waals surface area contributed by atoms with Crippen molar-refractivity contribution in [3.63, 3.8) is 0 Å². The first-order valence-electron chi connectivity index (χ1n) is 7.52. The molecule has 24 heavy (non-hydrogen) atoms. The monoisotopic (exact) mass is 318 g/mol. The average Bonchev–Trinajstić information content (AvgIpc) is 3.00. The summed E-state index contributed by atoms with van der Waals surface area (Å²) >= 11 is 0. The lowest BCUT2D eigenvalue weighted by atomic mass is 10.0. The molecule has 1 heterocycles. The molecule has 0 atom stereocenters. The van der Waals surface area contributed by atoms with Gasteiger partial charge < -0.3 is 10.2 Å². The molecule has 0 unspecified atom stereocenters. The van der Waals surface area contributed by atoms with Crippen LogP contribution in [0.1, 0.15) is 5.56 Å². The van der Waals surface area contributed by atoms with E-state index < -0.39 is 6.09 Å². The summed E-state index contributed by atoms with van der Waals surface area (Å²) in [5, 5.41) is 25.9. The Labute approximate surface area is 137 Å². The van der Waals surface area contributed by atoms with Gasteiger partial charge in [-0.1, -0.05) is 42.5 Å². The van der Waals surface area contributed by atoms with Crippen LogP contribution in [0.3, 0.4) is 0 Å². The summed E-state index contributed by atoms with van der Waals surface area (Å²) in [6.45, 7) is -0.106. The highest BCUT2D eigenvalue weighted by molar-refractivity contribution is 5.99. The van der Waals surface area contributed by atoms with Crippen molar-refractivity contribution in [2.75, 3.05) is 0 Å². The van der Waals surface area contributed by atoms with Crippen molar-refractivity contribution in [3.8, 4) is 11.3 Å². The van der Waals surface area contributed by atoms with Crippen molar-refractivity contribution < 1.29 is 15.0 Å². The van der Waals surface area contributed by atoms with E-state index in [0.717, 1.165) is 26.6 Å². The molecular formula is C19H14N2O3. The van der Waals surface area contributed by atoms with E-state index >= 15 is 0 Å². The van der Waals surface area contributed by atoms with E-state index in [2.05, 4.69) is 5.10 Å². The van der Waals surface area contributed by atoms with Gasteiger partial charge >= 0.3 is 6.09 Å². The third-order valence-electron chi connectivity index (χ3n) is 4.13. The maximum atomic E-state index is 11.5. The smallest absolute Gasteiger partial charge is 0.432 e. The van der Waals surface area contributed by atoms with Crippen LogP contribution in [-0.2, 0) is 6.61 Å². The van der Waals surface area contributed by atoms with Crippen LogP contribution >= 0.6 is 0 Å². The van der Waals surface area contributed by atoms with Crippen LogP contribution in [0.2, 0.25) is 0 Å². The number of aliphatic hydroxyl groups is 1. The molecule has 3 aromatic carbocycles. The molecule has 1 aromatic heterocycles. The lowest BCUT2D eigenvalue weighted by Crippen LogP contribution is -2.09. The quantitative estimate of drug-likeness (QED) is 0.588. The highest BCUT2D eigenvalue weighted by Gasteiger charge is 2.16. The molecule has 0 fully saturated rings. The van der Waals surface area contributed by atoms with Crippen molar-refractivity contribution in [2.24, 2.45) is 0 Å². The van der Waals surface area contributed by atoms with Gasteiger partial charge in [-0.05, 0) is 34.5 Å². The molecule has 0 aliphatic heterocycles. The van der Waals surface area contributed by atoms with E-state index in [1.165, 1.54) is 0 Å². The second kappa shape index (κ2) is 5.47. The van der Waals surface area contributed by atoms with Crippen LogP contribution in [0.5, 0.6) is 0 Å². The van der Waals surface area contributed by atoms with E-state index in [4.69, 9.17) is 0 Å². The van der Waals surface area contributed by atoms with Crippen LogP contribution in [0.25, 0.3) is 32.9 Å². The minimum absolute atomic E-state index is 0.106. The van der Waals surface area contributed by atoms with Gasteiger partial charge in [0.05, 0.1) is 12.1 Å².